The Kier molecular flexibility index (Phi) is 10.1. The van der Waals surface area contributed by atoms with Crippen molar-refractivity contribution in [2.45, 2.75) is 65.0 Å². The molecule has 37 heavy (non-hydrogen) atoms. The number of hydrogen-bond acceptors (Lipinski definition) is 3. The number of carbonyl (C=O) groups excluding carboxylic acids is 1. The molecule has 0 saturated carbocycles. The Balaban J connectivity index is 1.74. The van der Waals surface area contributed by atoms with E-state index in [0.717, 1.165) is 41.6 Å². The highest BCUT2D eigenvalue weighted by atomic mass is 16.5. The molecule has 0 unspecified atom stereocenters. The van der Waals surface area contributed by atoms with Crippen molar-refractivity contribution < 1.29 is 19.4 Å². The number of nitrogens with one attached hydrogen (secondary N) is 1. The van der Waals surface area contributed by atoms with Crippen LogP contribution in [-0.2, 0) is 11.3 Å². The summed E-state index contributed by atoms with van der Waals surface area (Å²) in [6, 6.07) is 25.0. The van der Waals surface area contributed by atoms with Gasteiger partial charge in [-0.15, -0.1) is 0 Å². The minimum Gasteiger partial charge on any atom is -0.478 e. The van der Waals surface area contributed by atoms with Crippen LogP contribution in [0.3, 0.4) is 0 Å². The lowest BCUT2D eigenvalue weighted by molar-refractivity contribution is -0.152. The summed E-state index contributed by atoms with van der Waals surface area (Å²) < 4.78 is 5.61. The number of carbonyl (C=O) groups is 2. The molecule has 3 aromatic carbocycles. The number of ether oxygens (including phenoxy) is 1. The largest absolute Gasteiger partial charge is 0.478 e. The molecule has 0 atom stereocenters. The van der Waals surface area contributed by atoms with Gasteiger partial charge in [-0.1, -0.05) is 93.3 Å². The zero-order valence-corrected chi connectivity index (χ0v) is 22.1. The van der Waals surface area contributed by atoms with Crippen molar-refractivity contribution in [3.8, 4) is 16.9 Å². The first-order valence-electron chi connectivity index (χ1n) is 13.0. The van der Waals surface area contributed by atoms with E-state index in [1.165, 1.54) is 26.7 Å². The number of unbranched alkanes of at least 4 members (excludes halogenated alkanes) is 4. The standard InChI is InChI=1S/C31H38N2O4/c1-4-5-6-7-13-22-33(23-24-18-20-26(21-19-24)37-31(2,3)29(34)35)30(36)32-28-17-12-11-16-27(28)25-14-9-8-10-15-25/h8-12,14-21H,4-7,13,22-23H2,1-3H3,(H,32,36)(H,34,35). The number of para-hydroxylation sites is 1. The second-order valence-corrected chi connectivity index (χ2v) is 9.74. The number of anilines is 1. The number of carboxylic acids is 1. The molecular formula is C31H38N2O4. The molecule has 0 aliphatic heterocycles. The Hall–Kier alpha value is -3.80. The number of aliphatic carboxylic acids is 1. The van der Waals surface area contributed by atoms with E-state index in [0.29, 0.717) is 18.8 Å². The number of rotatable bonds is 13. The topological polar surface area (TPSA) is 78.9 Å². The molecule has 0 heterocycles. The predicted molar refractivity (Wildman–Crippen MR) is 149 cm³/mol. The van der Waals surface area contributed by atoms with Gasteiger partial charge in [0.25, 0.3) is 0 Å². The SMILES string of the molecule is CCCCCCCN(Cc1ccc(OC(C)(C)C(=O)O)cc1)C(=O)Nc1ccccc1-c1ccccc1. The van der Waals surface area contributed by atoms with Gasteiger partial charge in [-0.25, -0.2) is 9.59 Å². The first kappa shape index (κ1) is 27.8. The van der Waals surface area contributed by atoms with Crippen LogP contribution < -0.4 is 10.1 Å². The zero-order valence-electron chi connectivity index (χ0n) is 22.1. The van der Waals surface area contributed by atoms with Crippen molar-refractivity contribution in [1.29, 1.82) is 0 Å². The third-order valence-corrected chi connectivity index (χ3v) is 6.26. The van der Waals surface area contributed by atoms with Gasteiger partial charge in [-0.3, -0.25) is 0 Å². The number of amides is 2. The second-order valence-electron chi connectivity index (χ2n) is 9.74. The minimum absolute atomic E-state index is 0.147. The predicted octanol–water partition coefficient (Wildman–Crippen LogP) is 7.60. The number of benzene rings is 3. The molecule has 0 aromatic heterocycles. The first-order chi connectivity index (χ1) is 17.8. The van der Waals surface area contributed by atoms with Crippen LogP contribution in [0.4, 0.5) is 10.5 Å². The third-order valence-electron chi connectivity index (χ3n) is 6.26. The highest BCUT2D eigenvalue weighted by Gasteiger charge is 2.29. The van der Waals surface area contributed by atoms with Crippen LogP contribution in [-0.4, -0.2) is 34.2 Å². The van der Waals surface area contributed by atoms with Gasteiger partial charge in [0.1, 0.15) is 5.75 Å². The molecule has 0 aliphatic rings. The van der Waals surface area contributed by atoms with E-state index in [2.05, 4.69) is 12.2 Å². The van der Waals surface area contributed by atoms with Crippen LogP contribution in [0, 0.1) is 0 Å². The van der Waals surface area contributed by atoms with E-state index in [1.54, 1.807) is 12.1 Å². The summed E-state index contributed by atoms with van der Waals surface area (Å²) in [5.74, 6) is -0.554. The zero-order chi connectivity index (χ0) is 26.7. The van der Waals surface area contributed by atoms with Gasteiger partial charge in [0.15, 0.2) is 5.60 Å². The van der Waals surface area contributed by atoms with Crippen molar-refractivity contribution in [1.82, 2.24) is 4.90 Å². The van der Waals surface area contributed by atoms with E-state index in [1.807, 2.05) is 71.6 Å². The van der Waals surface area contributed by atoms with Crippen molar-refractivity contribution >= 4 is 17.7 Å². The maximum Gasteiger partial charge on any atom is 0.347 e. The van der Waals surface area contributed by atoms with Gasteiger partial charge in [0.2, 0.25) is 0 Å². The van der Waals surface area contributed by atoms with E-state index in [9.17, 15) is 14.7 Å². The summed E-state index contributed by atoms with van der Waals surface area (Å²) in [5, 5.41) is 12.4. The Morgan fingerprint density at radius 2 is 1.51 bits per heavy atom. The number of carboxylic acid groups (broad SMARTS) is 1. The molecule has 0 saturated heterocycles. The van der Waals surface area contributed by atoms with Gasteiger partial charge in [-0.2, -0.15) is 0 Å². The van der Waals surface area contributed by atoms with E-state index >= 15 is 0 Å². The lowest BCUT2D eigenvalue weighted by Crippen LogP contribution is -2.37. The van der Waals surface area contributed by atoms with Crippen molar-refractivity contribution in [3.05, 3.63) is 84.4 Å². The van der Waals surface area contributed by atoms with Gasteiger partial charge >= 0.3 is 12.0 Å². The second kappa shape index (κ2) is 13.5. The normalized spacial score (nSPS) is 11.1. The van der Waals surface area contributed by atoms with Crippen LogP contribution in [0.25, 0.3) is 11.1 Å². The number of hydrogen-bond donors (Lipinski definition) is 2. The summed E-state index contributed by atoms with van der Waals surface area (Å²) in [6.45, 7) is 6.31. The molecule has 0 spiro atoms. The lowest BCUT2D eigenvalue weighted by Gasteiger charge is -2.25. The Bertz CT molecular complexity index is 1140. The van der Waals surface area contributed by atoms with Crippen molar-refractivity contribution in [2.75, 3.05) is 11.9 Å². The fraction of sp³-hybridized carbons (Fsp3) is 0.355. The van der Waals surface area contributed by atoms with Crippen molar-refractivity contribution in [3.63, 3.8) is 0 Å². The molecule has 0 bridgehead atoms. The lowest BCUT2D eigenvalue weighted by atomic mass is 10.0. The highest BCUT2D eigenvalue weighted by molar-refractivity contribution is 5.94. The quantitative estimate of drug-likeness (QED) is 0.236. The Morgan fingerprint density at radius 3 is 2.19 bits per heavy atom. The number of urea groups is 1. The van der Waals surface area contributed by atoms with Crippen LogP contribution in [0.5, 0.6) is 5.75 Å². The molecule has 3 aromatic rings. The molecule has 0 fully saturated rings. The molecule has 6 heteroatoms. The molecule has 3 rings (SSSR count). The molecular weight excluding hydrogens is 464 g/mol. The van der Waals surface area contributed by atoms with Crippen LogP contribution in [0.1, 0.15) is 58.4 Å². The fourth-order valence-corrected chi connectivity index (χ4v) is 4.04. The van der Waals surface area contributed by atoms with Gasteiger partial charge in [0.05, 0.1) is 5.69 Å². The summed E-state index contributed by atoms with van der Waals surface area (Å²) in [5.41, 5.74) is 2.42. The summed E-state index contributed by atoms with van der Waals surface area (Å²) in [4.78, 5) is 26.7. The highest BCUT2D eigenvalue weighted by Crippen LogP contribution is 2.28. The van der Waals surface area contributed by atoms with Crippen LogP contribution >= 0.6 is 0 Å². The van der Waals surface area contributed by atoms with E-state index in [4.69, 9.17) is 4.74 Å². The first-order valence-corrected chi connectivity index (χ1v) is 13.0. The van der Waals surface area contributed by atoms with Crippen LogP contribution in [0.2, 0.25) is 0 Å². The molecule has 2 amide bonds. The molecule has 0 aliphatic carbocycles. The Labute approximate surface area is 220 Å². The van der Waals surface area contributed by atoms with Gasteiger partial charge in [0, 0.05) is 18.7 Å². The maximum absolute atomic E-state index is 13.5. The molecule has 2 N–H and O–H groups in total. The Morgan fingerprint density at radius 1 is 0.865 bits per heavy atom. The average molecular weight is 503 g/mol. The maximum atomic E-state index is 13.5. The van der Waals surface area contributed by atoms with E-state index < -0.39 is 11.6 Å². The minimum atomic E-state index is -1.32. The van der Waals surface area contributed by atoms with Crippen molar-refractivity contribution in [2.24, 2.45) is 0 Å². The summed E-state index contributed by atoms with van der Waals surface area (Å²) in [6.07, 6.45) is 5.55. The van der Waals surface area contributed by atoms with Gasteiger partial charge < -0.3 is 20.1 Å². The molecule has 6 nitrogen and oxygen atoms in total. The molecule has 0 radical (unpaired) electrons. The van der Waals surface area contributed by atoms with E-state index in [-0.39, 0.29) is 6.03 Å². The average Bonchev–Trinajstić information content (AvgIpc) is 2.89. The fourth-order valence-electron chi connectivity index (χ4n) is 4.04. The van der Waals surface area contributed by atoms with Gasteiger partial charge in [-0.05, 0) is 49.6 Å². The number of nitrogens with zero attached hydrogens (tertiary/aromatic N) is 1. The monoisotopic (exact) mass is 502 g/mol. The van der Waals surface area contributed by atoms with Crippen LogP contribution in [0.15, 0.2) is 78.9 Å². The molecule has 196 valence electrons. The summed E-state index contributed by atoms with van der Waals surface area (Å²) in [7, 11) is 0. The smallest absolute Gasteiger partial charge is 0.347 e. The summed E-state index contributed by atoms with van der Waals surface area (Å²) >= 11 is 0. The third kappa shape index (κ3) is 8.38.